The van der Waals surface area contributed by atoms with Crippen molar-refractivity contribution < 1.29 is 19.4 Å². The molecular weight excluding hydrogens is 342 g/mol. The fourth-order valence-corrected chi connectivity index (χ4v) is 3.29. The van der Waals surface area contributed by atoms with E-state index in [1.54, 1.807) is 32.0 Å². The van der Waals surface area contributed by atoms with Gasteiger partial charge in [0.25, 0.3) is 5.91 Å². The molecule has 0 aromatic heterocycles. The number of carbonyl (C=O) groups is 2. The summed E-state index contributed by atoms with van der Waals surface area (Å²) < 4.78 is 5.23. The highest BCUT2D eigenvalue weighted by Crippen LogP contribution is 2.32. The molecule has 0 fully saturated rings. The normalized spacial score (nSPS) is 13.8. The number of ether oxygens (including phenoxy) is 1. The molecule has 2 aromatic rings. The van der Waals surface area contributed by atoms with Gasteiger partial charge < -0.3 is 15.2 Å². The van der Waals surface area contributed by atoms with Crippen LogP contribution in [-0.2, 0) is 22.4 Å². The third-order valence-electron chi connectivity index (χ3n) is 4.60. The molecule has 0 saturated carbocycles. The van der Waals surface area contributed by atoms with Gasteiger partial charge in [-0.3, -0.25) is 4.79 Å². The van der Waals surface area contributed by atoms with Crippen LogP contribution in [0, 0.1) is 6.92 Å². The number of aromatic hydroxyl groups is 1. The fraction of sp³-hybridized carbons (Fsp3) is 0.364. The van der Waals surface area contributed by atoms with Crippen molar-refractivity contribution >= 4 is 11.9 Å². The molecule has 0 spiro atoms. The van der Waals surface area contributed by atoms with Gasteiger partial charge in [0.1, 0.15) is 11.3 Å². The summed E-state index contributed by atoms with van der Waals surface area (Å²) in [5.74, 6) is -1.01. The van der Waals surface area contributed by atoms with Crippen LogP contribution in [0.3, 0.4) is 0 Å². The predicted octanol–water partition coefficient (Wildman–Crippen LogP) is 3.56. The molecule has 1 aliphatic carbocycles. The van der Waals surface area contributed by atoms with Crippen molar-refractivity contribution in [2.45, 2.75) is 46.1 Å². The van der Waals surface area contributed by atoms with Crippen LogP contribution < -0.4 is 5.32 Å². The summed E-state index contributed by atoms with van der Waals surface area (Å²) in [7, 11) is 0. The van der Waals surface area contributed by atoms with E-state index in [1.807, 2.05) is 38.1 Å². The predicted molar refractivity (Wildman–Crippen MR) is 105 cm³/mol. The highest BCUT2D eigenvalue weighted by molar-refractivity contribution is 6.01. The Morgan fingerprint density at radius 3 is 2.22 bits per heavy atom. The van der Waals surface area contributed by atoms with Crippen molar-refractivity contribution in [2.75, 3.05) is 6.61 Å². The molecule has 5 heteroatoms. The summed E-state index contributed by atoms with van der Waals surface area (Å²) in [5, 5.41) is 13.0. The van der Waals surface area contributed by atoms with E-state index in [-0.39, 0.29) is 17.9 Å². The number of hydrogen-bond acceptors (Lipinski definition) is 4. The van der Waals surface area contributed by atoms with Crippen molar-refractivity contribution in [1.29, 1.82) is 0 Å². The summed E-state index contributed by atoms with van der Waals surface area (Å²) in [4.78, 5) is 25.4. The van der Waals surface area contributed by atoms with Gasteiger partial charge in [-0.05, 0) is 36.6 Å². The molecule has 0 radical (unpaired) electrons. The number of phenolic OH excluding ortho intramolecular Hbond substituents is 1. The van der Waals surface area contributed by atoms with E-state index in [2.05, 4.69) is 5.32 Å². The number of para-hydroxylation sites is 1. The second-order valence-corrected chi connectivity index (χ2v) is 6.35. The molecule has 1 amide bonds. The molecule has 2 aromatic carbocycles. The van der Waals surface area contributed by atoms with Gasteiger partial charge in [-0.25, -0.2) is 4.79 Å². The fourth-order valence-electron chi connectivity index (χ4n) is 3.29. The maximum absolute atomic E-state index is 12.8. The van der Waals surface area contributed by atoms with E-state index < -0.39 is 17.4 Å². The zero-order chi connectivity index (χ0) is 20.0. The molecular formula is C22H27NO4. The van der Waals surface area contributed by atoms with Gasteiger partial charge in [0.05, 0.1) is 12.2 Å². The molecule has 2 N–H and O–H groups in total. The Labute approximate surface area is 160 Å². The van der Waals surface area contributed by atoms with Crippen molar-refractivity contribution in [3.63, 3.8) is 0 Å². The lowest BCUT2D eigenvalue weighted by molar-refractivity contribution is -0.150. The van der Waals surface area contributed by atoms with E-state index in [4.69, 9.17) is 4.74 Å². The summed E-state index contributed by atoms with van der Waals surface area (Å²) in [6.07, 6.45) is 0.751. The first kappa shape index (κ1) is 20.5. The molecule has 0 bridgehead atoms. The molecule has 27 heavy (non-hydrogen) atoms. The standard InChI is InChI=1S/C20H21NO4.C2H6/c1-3-25-19(24)20(11-14-8-4-5-9-15(14)12-20)21-18(23)16-10-6-7-13(2)17(16)22;1-2/h4-10,22H,3,11-12H2,1-2H3,(H,21,23);1-2H3. The molecule has 144 valence electrons. The minimum Gasteiger partial charge on any atom is -0.507 e. The highest BCUT2D eigenvalue weighted by atomic mass is 16.5. The Hall–Kier alpha value is -2.82. The molecule has 0 heterocycles. The van der Waals surface area contributed by atoms with Crippen molar-refractivity contribution in [1.82, 2.24) is 5.32 Å². The van der Waals surface area contributed by atoms with Gasteiger partial charge in [0.2, 0.25) is 0 Å². The Balaban J connectivity index is 0.00000126. The van der Waals surface area contributed by atoms with E-state index in [1.165, 1.54) is 0 Å². The van der Waals surface area contributed by atoms with Crippen LogP contribution in [0.15, 0.2) is 42.5 Å². The third-order valence-corrected chi connectivity index (χ3v) is 4.60. The summed E-state index contributed by atoms with van der Waals surface area (Å²) in [6.45, 7) is 7.70. The van der Waals surface area contributed by atoms with Crippen LogP contribution in [0.1, 0.15) is 47.8 Å². The monoisotopic (exact) mass is 369 g/mol. The number of carbonyl (C=O) groups excluding carboxylic acids is 2. The lowest BCUT2D eigenvalue weighted by Gasteiger charge is -2.28. The Bertz CT molecular complexity index is 804. The molecule has 5 nitrogen and oxygen atoms in total. The van der Waals surface area contributed by atoms with E-state index >= 15 is 0 Å². The molecule has 0 aliphatic heterocycles. The number of hydrogen-bond donors (Lipinski definition) is 2. The Kier molecular flexibility index (Phi) is 6.61. The summed E-state index contributed by atoms with van der Waals surface area (Å²) >= 11 is 0. The number of nitrogens with one attached hydrogen (secondary N) is 1. The number of aryl methyl sites for hydroxylation is 1. The molecule has 0 atom stereocenters. The van der Waals surface area contributed by atoms with Crippen molar-refractivity contribution in [3.8, 4) is 5.75 Å². The van der Waals surface area contributed by atoms with Gasteiger partial charge in [0.15, 0.2) is 0 Å². The van der Waals surface area contributed by atoms with Crippen LogP contribution in [0.4, 0.5) is 0 Å². The second kappa shape index (κ2) is 8.71. The summed E-state index contributed by atoms with van der Waals surface area (Å²) in [5.41, 5.74) is 1.65. The van der Waals surface area contributed by atoms with Crippen LogP contribution >= 0.6 is 0 Å². The molecule has 1 aliphatic rings. The Morgan fingerprint density at radius 1 is 1.07 bits per heavy atom. The molecule has 3 rings (SSSR count). The number of amides is 1. The van der Waals surface area contributed by atoms with E-state index in [9.17, 15) is 14.7 Å². The highest BCUT2D eigenvalue weighted by Gasteiger charge is 2.46. The second-order valence-electron chi connectivity index (χ2n) is 6.35. The topological polar surface area (TPSA) is 75.6 Å². The SMILES string of the molecule is CC.CCOC(=O)C1(NC(=O)c2cccc(C)c2O)Cc2ccccc2C1. The quantitative estimate of drug-likeness (QED) is 0.808. The largest absolute Gasteiger partial charge is 0.507 e. The zero-order valence-electron chi connectivity index (χ0n) is 16.3. The first-order valence-corrected chi connectivity index (χ1v) is 9.32. The minimum atomic E-state index is -1.15. The van der Waals surface area contributed by atoms with Gasteiger partial charge in [-0.1, -0.05) is 50.2 Å². The van der Waals surface area contributed by atoms with Gasteiger partial charge in [-0.2, -0.15) is 0 Å². The average molecular weight is 369 g/mol. The first-order valence-electron chi connectivity index (χ1n) is 9.32. The summed E-state index contributed by atoms with van der Waals surface area (Å²) in [6, 6.07) is 12.7. The van der Waals surface area contributed by atoms with Gasteiger partial charge in [0, 0.05) is 12.8 Å². The first-order chi connectivity index (χ1) is 13.0. The number of phenols is 1. The third kappa shape index (κ3) is 4.13. The maximum Gasteiger partial charge on any atom is 0.332 e. The Morgan fingerprint density at radius 2 is 1.67 bits per heavy atom. The van der Waals surface area contributed by atoms with Crippen LogP contribution in [0.5, 0.6) is 5.75 Å². The molecule has 0 unspecified atom stereocenters. The lowest BCUT2D eigenvalue weighted by Crippen LogP contribution is -2.56. The zero-order valence-corrected chi connectivity index (χ0v) is 16.3. The van der Waals surface area contributed by atoms with Crippen LogP contribution in [-0.4, -0.2) is 29.1 Å². The van der Waals surface area contributed by atoms with E-state index in [0.29, 0.717) is 18.4 Å². The number of fused-ring (bicyclic) bond motifs is 1. The minimum absolute atomic E-state index is 0.0745. The van der Waals surface area contributed by atoms with Crippen molar-refractivity contribution in [2.24, 2.45) is 0 Å². The van der Waals surface area contributed by atoms with Gasteiger partial charge >= 0.3 is 5.97 Å². The average Bonchev–Trinajstić information content (AvgIpc) is 3.05. The number of esters is 1. The van der Waals surface area contributed by atoms with Crippen molar-refractivity contribution in [3.05, 3.63) is 64.7 Å². The number of benzene rings is 2. The maximum atomic E-state index is 12.8. The van der Waals surface area contributed by atoms with Gasteiger partial charge in [-0.15, -0.1) is 0 Å². The van der Waals surface area contributed by atoms with Crippen LogP contribution in [0.2, 0.25) is 0 Å². The smallest absolute Gasteiger partial charge is 0.332 e. The number of rotatable bonds is 4. The van der Waals surface area contributed by atoms with E-state index in [0.717, 1.165) is 11.1 Å². The van der Waals surface area contributed by atoms with Crippen LogP contribution in [0.25, 0.3) is 0 Å². The molecule has 0 saturated heterocycles. The lowest BCUT2D eigenvalue weighted by atomic mass is 9.94.